The Morgan fingerprint density at radius 3 is 3.00 bits per heavy atom. The molecule has 0 spiro atoms. The molecule has 0 bridgehead atoms. The minimum Gasteiger partial charge on any atom is -0.480 e. The van der Waals surface area contributed by atoms with Crippen molar-refractivity contribution >= 4 is 23.0 Å². The van der Waals surface area contributed by atoms with Crippen LogP contribution in [0.4, 0.5) is 5.95 Å². The molecule has 0 aliphatic heterocycles. The number of benzene rings is 1. The van der Waals surface area contributed by atoms with Crippen LogP contribution in [0.5, 0.6) is 0 Å². The first-order valence-corrected chi connectivity index (χ1v) is 4.52. The van der Waals surface area contributed by atoms with E-state index in [1.807, 2.05) is 25.1 Å². The van der Waals surface area contributed by atoms with Crippen molar-refractivity contribution < 1.29 is 9.90 Å². The maximum atomic E-state index is 10.7. The number of nitrogen functional groups attached to an aromatic ring is 1. The number of hydrogen-bond acceptors (Lipinski definition) is 3. The van der Waals surface area contributed by atoms with Crippen molar-refractivity contribution in [3.8, 4) is 0 Å². The molecule has 2 aromatic rings. The van der Waals surface area contributed by atoms with Gasteiger partial charge in [0.25, 0.3) is 0 Å². The van der Waals surface area contributed by atoms with Crippen LogP contribution in [0.1, 0.15) is 5.56 Å². The Balaban J connectivity index is 2.71. The van der Waals surface area contributed by atoms with Crippen LogP contribution in [0.3, 0.4) is 0 Å². The molecule has 0 aliphatic rings. The largest absolute Gasteiger partial charge is 0.480 e. The number of carboxylic acid groups (broad SMARTS) is 1. The van der Waals surface area contributed by atoms with Gasteiger partial charge in [-0.25, -0.2) is 4.98 Å². The average molecular weight is 205 g/mol. The van der Waals surface area contributed by atoms with Crippen molar-refractivity contribution in [1.82, 2.24) is 9.55 Å². The smallest absolute Gasteiger partial charge is 0.323 e. The fraction of sp³-hybridized carbons (Fsp3) is 0.200. The second-order valence-electron chi connectivity index (χ2n) is 3.39. The molecule has 0 fully saturated rings. The molecule has 1 aromatic carbocycles. The van der Waals surface area contributed by atoms with E-state index in [4.69, 9.17) is 10.8 Å². The van der Waals surface area contributed by atoms with Crippen LogP contribution in [0.25, 0.3) is 11.0 Å². The number of carboxylic acids is 1. The minimum absolute atomic E-state index is 0.160. The Labute approximate surface area is 86.1 Å². The second kappa shape index (κ2) is 3.27. The van der Waals surface area contributed by atoms with E-state index in [0.717, 1.165) is 16.6 Å². The Kier molecular flexibility index (Phi) is 2.07. The van der Waals surface area contributed by atoms with E-state index in [2.05, 4.69) is 4.98 Å². The molecule has 0 amide bonds. The summed E-state index contributed by atoms with van der Waals surface area (Å²) in [6, 6.07) is 5.59. The number of rotatable bonds is 2. The van der Waals surface area contributed by atoms with Crippen LogP contribution >= 0.6 is 0 Å². The van der Waals surface area contributed by atoms with Gasteiger partial charge in [0, 0.05) is 0 Å². The summed E-state index contributed by atoms with van der Waals surface area (Å²) in [5, 5.41) is 8.76. The summed E-state index contributed by atoms with van der Waals surface area (Å²) in [6.07, 6.45) is 0. The van der Waals surface area contributed by atoms with Gasteiger partial charge in [0.1, 0.15) is 6.54 Å². The normalized spacial score (nSPS) is 10.7. The van der Waals surface area contributed by atoms with Crippen molar-refractivity contribution in [3.63, 3.8) is 0 Å². The molecule has 2 rings (SSSR count). The maximum absolute atomic E-state index is 10.7. The second-order valence-corrected chi connectivity index (χ2v) is 3.39. The zero-order valence-corrected chi connectivity index (χ0v) is 8.27. The number of para-hydroxylation sites is 1. The number of hydrogen-bond donors (Lipinski definition) is 2. The summed E-state index contributed by atoms with van der Waals surface area (Å²) in [6.45, 7) is 1.75. The molecule has 0 saturated carbocycles. The zero-order chi connectivity index (χ0) is 11.0. The number of imidazole rings is 1. The Bertz CT molecular complexity index is 531. The topological polar surface area (TPSA) is 81.1 Å². The van der Waals surface area contributed by atoms with Crippen LogP contribution < -0.4 is 5.73 Å². The highest BCUT2D eigenvalue weighted by Gasteiger charge is 2.11. The predicted molar refractivity (Wildman–Crippen MR) is 56.5 cm³/mol. The highest BCUT2D eigenvalue weighted by molar-refractivity contribution is 5.83. The fourth-order valence-electron chi connectivity index (χ4n) is 1.68. The van der Waals surface area contributed by atoms with Gasteiger partial charge in [0.05, 0.1) is 11.0 Å². The van der Waals surface area contributed by atoms with Gasteiger partial charge in [-0.1, -0.05) is 12.1 Å². The number of carbonyl (C=O) groups is 1. The van der Waals surface area contributed by atoms with Crippen molar-refractivity contribution in [2.75, 3.05) is 5.73 Å². The van der Waals surface area contributed by atoms with E-state index in [1.54, 1.807) is 0 Å². The SMILES string of the molecule is Cc1cccc2nc(N)n(CC(=O)O)c12. The van der Waals surface area contributed by atoms with Crippen LogP contribution in [-0.2, 0) is 11.3 Å². The Morgan fingerprint density at radius 2 is 2.33 bits per heavy atom. The predicted octanol–water partition coefficient (Wildman–Crippen LogP) is 1.01. The van der Waals surface area contributed by atoms with Crippen LogP contribution in [0, 0.1) is 6.92 Å². The fourth-order valence-corrected chi connectivity index (χ4v) is 1.68. The zero-order valence-electron chi connectivity index (χ0n) is 8.27. The first kappa shape index (κ1) is 9.51. The molecule has 1 aromatic heterocycles. The number of nitrogens with two attached hydrogens (primary N) is 1. The lowest BCUT2D eigenvalue weighted by Crippen LogP contribution is -2.11. The van der Waals surface area contributed by atoms with Crippen molar-refractivity contribution in [2.45, 2.75) is 13.5 Å². The molecule has 3 N–H and O–H groups in total. The molecule has 0 unspecified atom stereocenters. The van der Waals surface area contributed by atoms with Gasteiger partial charge in [0.15, 0.2) is 0 Å². The van der Waals surface area contributed by atoms with Gasteiger partial charge in [-0.15, -0.1) is 0 Å². The average Bonchev–Trinajstić information content (AvgIpc) is 2.43. The molecule has 15 heavy (non-hydrogen) atoms. The third-order valence-electron chi connectivity index (χ3n) is 2.29. The number of fused-ring (bicyclic) bond motifs is 1. The number of aliphatic carboxylic acids is 1. The van der Waals surface area contributed by atoms with Gasteiger partial charge < -0.3 is 10.8 Å². The van der Waals surface area contributed by atoms with Gasteiger partial charge in [0.2, 0.25) is 5.95 Å². The van der Waals surface area contributed by atoms with Gasteiger partial charge in [-0.3, -0.25) is 9.36 Å². The van der Waals surface area contributed by atoms with E-state index >= 15 is 0 Å². The summed E-state index contributed by atoms with van der Waals surface area (Å²) >= 11 is 0. The Hall–Kier alpha value is -2.04. The van der Waals surface area contributed by atoms with Crippen LogP contribution in [0.2, 0.25) is 0 Å². The third-order valence-corrected chi connectivity index (χ3v) is 2.29. The van der Waals surface area contributed by atoms with E-state index in [0.29, 0.717) is 0 Å². The van der Waals surface area contributed by atoms with Gasteiger partial charge in [-0.05, 0) is 18.6 Å². The molecule has 1 heterocycles. The van der Waals surface area contributed by atoms with Gasteiger partial charge in [-0.2, -0.15) is 0 Å². The first-order chi connectivity index (χ1) is 7.09. The summed E-state index contributed by atoms with van der Waals surface area (Å²) in [5.74, 6) is -0.689. The monoisotopic (exact) mass is 205 g/mol. The Morgan fingerprint density at radius 1 is 1.60 bits per heavy atom. The molecular weight excluding hydrogens is 194 g/mol. The van der Waals surface area contributed by atoms with E-state index in [9.17, 15) is 4.79 Å². The molecular formula is C10H11N3O2. The summed E-state index contributed by atoms with van der Waals surface area (Å²) in [4.78, 5) is 14.8. The van der Waals surface area contributed by atoms with Crippen molar-refractivity contribution in [1.29, 1.82) is 0 Å². The number of anilines is 1. The quantitative estimate of drug-likeness (QED) is 0.766. The van der Waals surface area contributed by atoms with Crippen LogP contribution in [0.15, 0.2) is 18.2 Å². The van der Waals surface area contributed by atoms with Crippen molar-refractivity contribution in [2.24, 2.45) is 0 Å². The highest BCUT2D eigenvalue weighted by atomic mass is 16.4. The van der Waals surface area contributed by atoms with E-state index in [1.165, 1.54) is 4.57 Å². The summed E-state index contributed by atoms with van der Waals surface area (Å²) in [7, 11) is 0. The number of nitrogens with zero attached hydrogens (tertiary/aromatic N) is 2. The molecule has 0 atom stereocenters. The molecule has 0 saturated heterocycles. The van der Waals surface area contributed by atoms with E-state index in [-0.39, 0.29) is 12.5 Å². The number of aryl methyl sites for hydroxylation is 1. The summed E-state index contributed by atoms with van der Waals surface area (Å²) < 4.78 is 1.51. The van der Waals surface area contributed by atoms with Crippen molar-refractivity contribution in [3.05, 3.63) is 23.8 Å². The van der Waals surface area contributed by atoms with Crippen LogP contribution in [-0.4, -0.2) is 20.6 Å². The molecule has 5 heteroatoms. The lowest BCUT2D eigenvalue weighted by molar-refractivity contribution is -0.137. The van der Waals surface area contributed by atoms with Gasteiger partial charge >= 0.3 is 5.97 Å². The molecule has 5 nitrogen and oxygen atoms in total. The first-order valence-electron chi connectivity index (χ1n) is 4.52. The summed E-state index contributed by atoms with van der Waals surface area (Å²) in [5.41, 5.74) is 8.15. The molecule has 0 radical (unpaired) electrons. The molecule has 0 aliphatic carbocycles. The van der Waals surface area contributed by atoms with E-state index < -0.39 is 5.97 Å². The maximum Gasteiger partial charge on any atom is 0.323 e. The molecule has 78 valence electrons. The number of aromatic nitrogens is 2. The lowest BCUT2D eigenvalue weighted by Gasteiger charge is -2.04. The lowest BCUT2D eigenvalue weighted by atomic mass is 10.2. The highest BCUT2D eigenvalue weighted by Crippen LogP contribution is 2.20. The standard InChI is InChI=1S/C10H11N3O2/c1-6-3-2-4-7-9(6)13(5-8(14)15)10(11)12-7/h2-4H,5H2,1H3,(H2,11,12)(H,14,15). The third kappa shape index (κ3) is 1.52. The minimum atomic E-state index is -0.927.